The molecule has 2 aromatic heterocycles. The summed E-state index contributed by atoms with van der Waals surface area (Å²) in [6.07, 6.45) is 0. The maximum atomic E-state index is 5.44. The smallest absolute Gasteiger partial charge is 0.315 e. The van der Waals surface area contributed by atoms with E-state index in [-0.39, 0.29) is 0 Å². The van der Waals surface area contributed by atoms with Crippen LogP contribution in [0.25, 0.3) is 0 Å². The first-order valence-electron chi connectivity index (χ1n) is 5.55. The summed E-state index contributed by atoms with van der Waals surface area (Å²) < 4.78 is 5.44. The molecule has 5 nitrogen and oxygen atoms in total. The van der Waals surface area contributed by atoms with Crippen LogP contribution in [-0.2, 0) is 13.1 Å². The van der Waals surface area contributed by atoms with Gasteiger partial charge < -0.3 is 15.1 Å². The van der Waals surface area contributed by atoms with Gasteiger partial charge in [-0.2, -0.15) is 11.3 Å². The number of aromatic nitrogens is 2. The third kappa shape index (κ3) is 3.83. The van der Waals surface area contributed by atoms with Crippen LogP contribution in [0.1, 0.15) is 25.3 Å². The van der Waals surface area contributed by atoms with Crippen molar-refractivity contribution < 1.29 is 4.42 Å². The van der Waals surface area contributed by atoms with Gasteiger partial charge in [0.1, 0.15) is 0 Å². The third-order valence-electron chi connectivity index (χ3n) is 2.15. The maximum absolute atomic E-state index is 5.44. The molecular weight excluding hydrogens is 236 g/mol. The standard InChI is InChI=1S/C11H16N4OS/c1-8(2)12-6-10-14-15-11(16-10)13-5-9-3-4-17-7-9/h3-4,7-8,12H,5-6H2,1-2H3,(H,13,15). The van der Waals surface area contributed by atoms with E-state index in [9.17, 15) is 0 Å². The number of nitrogens with one attached hydrogen (secondary N) is 2. The van der Waals surface area contributed by atoms with Gasteiger partial charge in [-0.3, -0.25) is 0 Å². The number of nitrogens with zero attached hydrogens (tertiary/aromatic N) is 2. The SMILES string of the molecule is CC(C)NCc1nnc(NCc2ccsc2)o1. The minimum atomic E-state index is 0.407. The highest BCUT2D eigenvalue weighted by Gasteiger charge is 2.05. The molecule has 0 aliphatic rings. The van der Waals surface area contributed by atoms with Crippen molar-refractivity contribution in [1.29, 1.82) is 0 Å². The van der Waals surface area contributed by atoms with E-state index in [4.69, 9.17) is 4.42 Å². The van der Waals surface area contributed by atoms with Crippen LogP contribution in [0, 0.1) is 0 Å². The number of thiophene rings is 1. The summed E-state index contributed by atoms with van der Waals surface area (Å²) in [5, 5.41) is 18.3. The van der Waals surface area contributed by atoms with Crippen LogP contribution in [-0.4, -0.2) is 16.2 Å². The highest BCUT2D eigenvalue weighted by Crippen LogP contribution is 2.10. The molecule has 0 saturated heterocycles. The van der Waals surface area contributed by atoms with Crippen molar-refractivity contribution in [2.45, 2.75) is 33.0 Å². The van der Waals surface area contributed by atoms with Crippen LogP contribution in [0.5, 0.6) is 0 Å². The van der Waals surface area contributed by atoms with Crippen molar-refractivity contribution in [2.24, 2.45) is 0 Å². The van der Waals surface area contributed by atoms with E-state index in [1.807, 2.05) is 5.38 Å². The van der Waals surface area contributed by atoms with E-state index in [2.05, 4.69) is 46.1 Å². The molecule has 6 heteroatoms. The fraction of sp³-hybridized carbons (Fsp3) is 0.455. The Balaban J connectivity index is 1.81. The van der Waals surface area contributed by atoms with E-state index in [0.29, 0.717) is 31.0 Å². The van der Waals surface area contributed by atoms with E-state index in [1.54, 1.807) is 11.3 Å². The Morgan fingerprint density at radius 2 is 2.24 bits per heavy atom. The molecule has 0 spiro atoms. The highest BCUT2D eigenvalue weighted by atomic mass is 32.1. The van der Waals surface area contributed by atoms with Gasteiger partial charge in [-0.15, -0.1) is 5.10 Å². The molecule has 0 fully saturated rings. The van der Waals surface area contributed by atoms with Gasteiger partial charge in [-0.25, -0.2) is 0 Å². The summed E-state index contributed by atoms with van der Waals surface area (Å²) in [5.74, 6) is 0.603. The van der Waals surface area contributed by atoms with Crippen LogP contribution in [0.3, 0.4) is 0 Å². The molecule has 2 N–H and O–H groups in total. The predicted molar refractivity (Wildman–Crippen MR) is 67.9 cm³/mol. The van der Waals surface area contributed by atoms with E-state index >= 15 is 0 Å². The molecule has 0 amide bonds. The minimum Gasteiger partial charge on any atom is -0.407 e. The molecule has 0 bridgehead atoms. The monoisotopic (exact) mass is 252 g/mol. The van der Waals surface area contributed by atoms with E-state index in [1.165, 1.54) is 5.56 Å². The number of anilines is 1. The Bertz CT molecular complexity index is 438. The zero-order valence-corrected chi connectivity index (χ0v) is 10.8. The molecule has 17 heavy (non-hydrogen) atoms. The number of hydrogen-bond donors (Lipinski definition) is 2. The number of hydrogen-bond acceptors (Lipinski definition) is 6. The molecule has 0 radical (unpaired) electrons. The van der Waals surface area contributed by atoms with E-state index in [0.717, 1.165) is 0 Å². The summed E-state index contributed by atoms with van der Waals surface area (Å²) in [6, 6.07) is 2.94. The molecular formula is C11H16N4OS. The van der Waals surface area contributed by atoms with E-state index < -0.39 is 0 Å². The van der Waals surface area contributed by atoms with Crippen LogP contribution < -0.4 is 10.6 Å². The van der Waals surface area contributed by atoms with Gasteiger partial charge in [0.25, 0.3) is 0 Å². The minimum absolute atomic E-state index is 0.407. The average Bonchev–Trinajstić information content (AvgIpc) is 2.95. The molecule has 2 heterocycles. The van der Waals surface area contributed by atoms with Gasteiger partial charge >= 0.3 is 6.01 Å². The maximum Gasteiger partial charge on any atom is 0.315 e. The Hall–Kier alpha value is -1.40. The first kappa shape index (κ1) is 12.1. The normalized spacial score (nSPS) is 11.0. The summed E-state index contributed by atoms with van der Waals surface area (Å²) in [7, 11) is 0. The van der Waals surface area contributed by atoms with Gasteiger partial charge in [0.2, 0.25) is 5.89 Å². The van der Waals surface area contributed by atoms with Crippen molar-refractivity contribution in [1.82, 2.24) is 15.5 Å². The van der Waals surface area contributed by atoms with Crippen molar-refractivity contribution in [2.75, 3.05) is 5.32 Å². The zero-order chi connectivity index (χ0) is 12.1. The second-order valence-corrected chi connectivity index (χ2v) is 4.80. The highest BCUT2D eigenvalue weighted by molar-refractivity contribution is 7.07. The second-order valence-electron chi connectivity index (χ2n) is 4.02. The molecule has 0 aliphatic carbocycles. The molecule has 0 unspecified atom stereocenters. The summed E-state index contributed by atoms with van der Waals surface area (Å²) in [6.45, 7) is 5.46. The summed E-state index contributed by atoms with van der Waals surface area (Å²) >= 11 is 1.67. The van der Waals surface area contributed by atoms with Gasteiger partial charge in [0, 0.05) is 12.6 Å². The molecule has 0 saturated carbocycles. The molecule has 2 rings (SSSR count). The van der Waals surface area contributed by atoms with Gasteiger partial charge in [0.15, 0.2) is 0 Å². The van der Waals surface area contributed by atoms with Crippen LogP contribution in [0.2, 0.25) is 0 Å². The van der Waals surface area contributed by atoms with Gasteiger partial charge in [-0.1, -0.05) is 18.9 Å². The van der Waals surface area contributed by atoms with Crippen molar-refractivity contribution in [3.8, 4) is 0 Å². The lowest BCUT2D eigenvalue weighted by molar-refractivity contribution is 0.458. The number of rotatable bonds is 6. The van der Waals surface area contributed by atoms with Crippen molar-refractivity contribution in [3.05, 3.63) is 28.3 Å². The average molecular weight is 252 g/mol. The Morgan fingerprint density at radius 3 is 2.94 bits per heavy atom. The molecule has 92 valence electrons. The lowest BCUT2D eigenvalue weighted by Crippen LogP contribution is -2.21. The topological polar surface area (TPSA) is 63.0 Å². The fourth-order valence-corrected chi connectivity index (χ4v) is 1.93. The van der Waals surface area contributed by atoms with Crippen LogP contribution in [0.4, 0.5) is 6.01 Å². The molecule has 2 aromatic rings. The third-order valence-corrected chi connectivity index (χ3v) is 2.88. The zero-order valence-electron chi connectivity index (χ0n) is 9.93. The fourth-order valence-electron chi connectivity index (χ4n) is 1.26. The molecule has 0 aliphatic heterocycles. The Morgan fingerprint density at radius 1 is 1.35 bits per heavy atom. The molecule has 0 atom stereocenters. The van der Waals surface area contributed by atoms with Gasteiger partial charge in [-0.05, 0) is 22.4 Å². The Kier molecular flexibility index (Phi) is 4.11. The van der Waals surface area contributed by atoms with Crippen molar-refractivity contribution in [3.63, 3.8) is 0 Å². The predicted octanol–water partition coefficient (Wildman–Crippen LogP) is 2.24. The summed E-state index contributed by atoms with van der Waals surface area (Å²) in [5.41, 5.74) is 1.22. The molecule has 0 aromatic carbocycles. The van der Waals surface area contributed by atoms with Gasteiger partial charge in [0.05, 0.1) is 6.54 Å². The lowest BCUT2D eigenvalue weighted by atomic mass is 10.3. The van der Waals surface area contributed by atoms with Crippen LogP contribution in [0.15, 0.2) is 21.2 Å². The largest absolute Gasteiger partial charge is 0.407 e. The quantitative estimate of drug-likeness (QED) is 0.825. The first-order valence-corrected chi connectivity index (χ1v) is 6.49. The van der Waals surface area contributed by atoms with Crippen molar-refractivity contribution >= 4 is 17.4 Å². The Labute approximate surface area is 104 Å². The second kappa shape index (κ2) is 5.79. The van der Waals surface area contributed by atoms with Crippen LogP contribution >= 0.6 is 11.3 Å². The summed E-state index contributed by atoms with van der Waals surface area (Å²) in [4.78, 5) is 0. The lowest BCUT2D eigenvalue weighted by Gasteiger charge is -2.03. The first-order chi connectivity index (χ1) is 8.24.